The molecule has 1 fully saturated rings. The van der Waals surface area contributed by atoms with Gasteiger partial charge in [0.1, 0.15) is 5.75 Å². The smallest absolute Gasteiger partial charge is 0.257 e. The molecule has 1 aliphatic carbocycles. The van der Waals surface area contributed by atoms with Crippen molar-refractivity contribution in [1.29, 1.82) is 0 Å². The van der Waals surface area contributed by atoms with Crippen LogP contribution in [-0.4, -0.2) is 15.2 Å². The first-order chi connectivity index (χ1) is 8.47. The number of nitrogens with zero attached hydrogens (tertiary/aromatic N) is 2. The van der Waals surface area contributed by atoms with Gasteiger partial charge in [0.2, 0.25) is 0 Å². The Bertz CT molecular complexity index is 607. The minimum absolute atomic E-state index is 0.0449. The number of phenolic OH excluding ortho intramolecular Hbond substituents is 1. The number of halogens is 1. The molecule has 0 aliphatic heterocycles. The average molecular weight is 265 g/mol. The second-order valence-corrected chi connectivity index (χ2v) is 5.78. The molecule has 4 nitrogen and oxygen atoms in total. The Morgan fingerprint density at radius 3 is 2.78 bits per heavy atom. The van der Waals surface area contributed by atoms with Gasteiger partial charge in [0, 0.05) is 11.5 Å². The summed E-state index contributed by atoms with van der Waals surface area (Å²) in [5, 5.41) is 13.7. The van der Waals surface area contributed by atoms with E-state index < -0.39 is 0 Å². The van der Waals surface area contributed by atoms with Crippen molar-refractivity contribution in [2.45, 2.75) is 26.2 Å². The number of aromatic hydroxyl groups is 1. The second kappa shape index (κ2) is 3.72. The third-order valence-electron chi connectivity index (χ3n) is 3.46. The van der Waals surface area contributed by atoms with Crippen LogP contribution in [0.25, 0.3) is 11.5 Å². The van der Waals surface area contributed by atoms with Crippen molar-refractivity contribution in [3.05, 3.63) is 29.0 Å². The van der Waals surface area contributed by atoms with Gasteiger partial charge in [-0.25, -0.2) is 0 Å². The third-order valence-corrected chi connectivity index (χ3v) is 3.76. The Balaban J connectivity index is 1.91. The van der Waals surface area contributed by atoms with Crippen molar-refractivity contribution in [3.8, 4) is 17.2 Å². The minimum atomic E-state index is 0.0449. The highest BCUT2D eigenvalue weighted by molar-refractivity contribution is 6.32. The maximum absolute atomic E-state index is 9.36. The van der Waals surface area contributed by atoms with Crippen LogP contribution >= 0.6 is 11.6 Å². The van der Waals surface area contributed by atoms with Crippen molar-refractivity contribution >= 4 is 11.6 Å². The zero-order valence-electron chi connectivity index (χ0n) is 10.1. The fraction of sp³-hybridized carbons (Fsp3) is 0.385. The monoisotopic (exact) mass is 264 g/mol. The van der Waals surface area contributed by atoms with E-state index in [1.807, 2.05) is 0 Å². The summed E-state index contributed by atoms with van der Waals surface area (Å²) in [5.41, 5.74) is 0.989. The van der Waals surface area contributed by atoms with Gasteiger partial charge >= 0.3 is 0 Å². The van der Waals surface area contributed by atoms with E-state index in [1.165, 1.54) is 6.07 Å². The van der Waals surface area contributed by atoms with Crippen LogP contribution < -0.4 is 0 Å². The van der Waals surface area contributed by atoms with E-state index in [0.717, 1.165) is 17.8 Å². The summed E-state index contributed by atoms with van der Waals surface area (Å²) in [4.78, 5) is 4.39. The summed E-state index contributed by atoms with van der Waals surface area (Å²) < 4.78 is 5.24. The molecule has 0 radical (unpaired) electrons. The molecule has 1 aromatic carbocycles. The van der Waals surface area contributed by atoms with Crippen molar-refractivity contribution < 1.29 is 9.63 Å². The molecule has 0 spiro atoms. The van der Waals surface area contributed by atoms with Gasteiger partial charge in [0.15, 0.2) is 5.82 Å². The Labute approximate surface area is 110 Å². The van der Waals surface area contributed by atoms with Crippen molar-refractivity contribution in [1.82, 2.24) is 10.1 Å². The van der Waals surface area contributed by atoms with Gasteiger partial charge in [-0.1, -0.05) is 30.6 Å². The minimum Gasteiger partial charge on any atom is -0.506 e. The standard InChI is InChI=1S/C13H13ClN2O2/c1-13(2)6-8(13)11-15-12(18-16-11)7-3-4-10(17)9(14)5-7/h3-5,8,17H,6H2,1-2H3. The van der Waals surface area contributed by atoms with Gasteiger partial charge in [0.25, 0.3) is 5.89 Å². The van der Waals surface area contributed by atoms with E-state index in [-0.39, 0.29) is 16.2 Å². The molecule has 0 bridgehead atoms. The van der Waals surface area contributed by atoms with Crippen molar-refractivity contribution in [3.63, 3.8) is 0 Å². The first kappa shape index (κ1) is 11.5. The predicted octanol–water partition coefficient (Wildman–Crippen LogP) is 3.61. The van der Waals surface area contributed by atoms with Gasteiger partial charge in [0.05, 0.1) is 5.02 Å². The van der Waals surface area contributed by atoms with Crippen LogP contribution in [0.1, 0.15) is 32.0 Å². The summed E-state index contributed by atoms with van der Waals surface area (Å²) in [6.45, 7) is 4.37. The number of rotatable bonds is 2. The molecule has 3 rings (SSSR count). The third kappa shape index (κ3) is 1.86. The van der Waals surface area contributed by atoms with Crippen LogP contribution in [0.4, 0.5) is 0 Å². The Kier molecular flexibility index (Phi) is 2.38. The molecule has 1 aromatic heterocycles. The van der Waals surface area contributed by atoms with Crippen LogP contribution in [0.3, 0.4) is 0 Å². The molecule has 1 unspecified atom stereocenters. The quantitative estimate of drug-likeness (QED) is 0.900. The fourth-order valence-corrected chi connectivity index (χ4v) is 2.22. The topological polar surface area (TPSA) is 59.2 Å². The molecule has 0 saturated heterocycles. The summed E-state index contributed by atoms with van der Waals surface area (Å²) in [7, 11) is 0. The van der Waals surface area contributed by atoms with E-state index in [1.54, 1.807) is 12.1 Å². The van der Waals surface area contributed by atoms with Crippen LogP contribution in [0.15, 0.2) is 22.7 Å². The van der Waals surface area contributed by atoms with E-state index >= 15 is 0 Å². The molecule has 18 heavy (non-hydrogen) atoms. The van der Waals surface area contributed by atoms with E-state index in [0.29, 0.717) is 11.8 Å². The van der Waals surface area contributed by atoms with Gasteiger partial charge in [-0.3, -0.25) is 0 Å². The number of benzene rings is 1. The summed E-state index contributed by atoms with van der Waals surface area (Å²) in [6.07, 6.45) is 1.09. The molecule has 94 valence electrons. The molecule has 1 N–H and O–H groups in total. The lowest BCUT2D eigenvalue weighted by atomic mass is 10.1. The number of hydrogen-bond acceptors (Lipinski definition) is 4. The van der Waals surface area contributed by atoms with Crippen LogP contribution in [0.2, 0.25) is 5.02 Å². The van der Waals surface area contributed by atoms with E-state index in [2.05, 4.69) is 24.0 Å². The SMILES string of the molecule is CC1(C)CC1c1noc(-c2ccc(O)c(Cl)c2)n1. The van der Waals surface area contributed by atoms with Gasteiger partial charge < -0.3 is 9.63 Å². The van der Waals surface area contributed by atoms with E-state index in [9.17, 15) is 5.11 Å². The van der Waals surface area contributed by atoms with Crippen LogP contribution in [0.5, 0.6) is 5.75 Å². The number of hydrogen-bond donors (Lipinski definition) is 1. The number of phenols is 1. The zero-order chi connectivity index (χ0) is 12.9. The van der Waals surface area contributed by atoms with E-state index in [4.69, 9.17) is 16.1 Å². The van der Waals surface area contributed by atoms with Gasteiger partial charge in [-0.05, 0) is 30.0 Å². The highest BCUT2D eigenvalue weighted by Gasteiger charge is 2.49. The average Bonchev–Trinajstić information content (AvgIpc) is 2.78. The molecule has 1 heterocycles. The molecule has 1 atom stereocenters. The summed E-state index contributed by atoms with van der Waals surface area (Å²) in [5.74, 6) is 1.61. The number of aromatic nitrogens is 2. The first-order valence-corrected chi connectivity index (χ1v) is 6.18. The molecule has 2 aromatic rings. The molecule has 5 heteroatoms. The van der Waals surface area contributed by atoms with Crippen LogP contribution in [-0.2, 0) is 0 Å². The van der Waals surface area contributed by atoms with Gasteiger partial charge in [-0.15, -0.1) is 0 Å². The molecular formula is C13H13ClN2O2. The lowest BCUT2D eigenvalue weighted by Crippen LogP contribution is -1.91. The van der Waals surface area contributed by atoms with Crippen LogP contribution in [0, 0.1) is 5.41 Å². The highest BCUT2D eigenvalue weighted by atomic mass is 35.5. The molecule has 0 amide bonds. The summed E-state index contributed by atoms with van der Waals surface area (Å²) >= 11 is 5.85. The lowest BCUT2D eigenvalue weighted by molar-refractivity contribution is 0.419. The fourth-order valence-electron chi connectivity index (χ4n) is 2.04. The highest BCUT2D eigenvalue weighted by Crippen LogP contribution is 2.57. The van der Waals surface area contributed by atoms with Crippen molar-refractivity contribution in [2.75, 3.05) is 0 Å². The predicted molar refractivity (Wildman–Crippen MR) is 67.5 cm³/mol. The normalized spacial score (nSPS) is 20.9. The Hall–Kier alpha value is -1.55. The Morgan fingerprint density at radius 2 is 2.17 bits per heavy atom. The molecule has 1 saturated carbocycles. The maximum atomic E-state index is 9.36. The largest absolute Gasteiger partial charge is 0.506 e. The van der Waals surface area contributed by atoms with Crippen molar-refractivity contribution in [2.24, 2.45) is 5.41 Å². The zero-order valence-corrected chi connectivity index (χ0v) is 10.9. The summed E-state index contributed by atoms with van der Waals surface area (Å²) in [6, 6.07) is 4.84. The lowest BCUT2D eigenvalue weighted by Gasteiger charge is -1.98. The van der Waals surface area contributed by atoms with Gasteiger partial charge in [-0.2, -0.15) is 4.98 Å². The first-order valence-electron chi connectivity index (χ1n) is 5.80. The molecular weight excluding hydrogens is 252 g/mol. The maximum Gasteiger partial charge on any atom is 0.257 e. The molecule has 1 aliphatic rings. The Morgan fingerprint density at radius 1 is 1.44 bits per heavy atom. The second-order valence-electron chi connectivity index (χ2n) is 5.37.